The Kier molecular flexibility index (Phi) is 24.9. The van der Waals surface area contributed by atoms with Gasteiger partial charge in [0.05, 0.1) is 24.5 Å². The third-order valence-corrected chi connectivity index (χ3v) is 15.9. The van der Waals surface area contributed by atoms with Gasteiger partial charge in [-0.2, -0.15) is 10.2 Å². The Morgan fingerprint density at radius 2 is 0.636 bits per heavy atom. The van der Waals surface area contributed by atoms with Gasteiger partial charge < -0.3 is 38.5 Å². The van der Waals surface area contributed by atoms with E-state index in [9.17, 15) is 28.8 Å². The number of amides is 4. The smallest absolute Gasteiger partial charge is 0.329 e. The lowest BCUT2D eigenvalue weighted by Crippen LogP contribution is -2.55. The van der Waals surface area contributed by atoms with Gasteiger partial charge >= 0.3 is 23.9 Å². The second kappa shape index (κ2) is 30.7. The van der Waals surface area contributed by atoms with Crippen LogP contribution in [0.5, 0.6) is 0 Å². The number of hydrogen-bond acceptors (Lipinski definition) is 14. The van der Waals surface area contributed by atoms with E-state index < -0.39 is 96.1 Å². The van der Waals surface area contributed by atoms with E-state index >= 15 is 9.59 Å². The van der Waals surface area contributed by atoms with E-state index in [4.69, 9.17) is 29.1 Å². The molecule has 3 heterocycles. The molecule has 1 fully saturated rings. The molecule has 0 bridgehead atoms. The van der Waals surface area contributed by atoms with Gasteiger partial charge in [-0.1, -0.05) is 145 Å². The number of likely N-dealkylation sites (N-methyl/N-ethyl adjacent to an activating group) is 4. The second-order valence-electron chi connectivity index (χ2n) is 27.7. The molecular weight excluding hydrogens is 1120 g/mol. The van der Waals surface area contributed by atoms with E-state index in [0.717, 1.165) is 32.3 Å². The summed E-state index contributed by atoms with van der Waals surface area (Å²) in [7, 11) is 5.60. The van der Waals surface area contributed by atoms with Crippen LogP contribution >= 0.6 is 0 Å². The molecule has 0 radical (unpaired) electrons. The van der Waals surface area contributed by atoms with Crippen molar-refractivity contribution >= 4 is 47.5 Å². The minimum absolute atomic E-state index is 0.0803. The SMILES string of the molecule is CC(C)C[C@H]1C(=O)O[C@H](Cc2ccc(Cn3ccc(C(C)(C)C)n3)cc2)C(=O)N(C)[C@@H](CC(C)C)C(=O)O[C@H](C)C(=O)N(C)[C@@H](CC(C)C)C(=O)O[C@H](Cc2ccc(Cn3ccc(C(C)(C)C)n3)cc2)C(=O)N(C)[C@@H](CC(C)C)C(=O)O[C@H](C)C(=O)N1C. The summed E-state index contributed by atoms with van der Waals surface area (Å²) in [6, 6.07) is 13.7. The fourth-order valence-electron chi connectivity index (χ4n) is 10.5. The van der Waals surface area contributed by atoms with Crippen molar-refractivity contribution in [2.75, 3.05) is 28.2 Å². The van der Waals surface area contributed by atoms with Gasteiger partial charge in [0, 0.05) is 64.3 Å². The zero-order valence-corrected chi connectivity index (χ0v) is 56.0. The number of hydrogen-bond donors (Lipinski definition) is 0. The number of ether oxygens (including phenoxy) is 4. The van der Waals surface area contributed by atoms with Crippen molar-refractivity contribution in [1.82, 2.24) is 39.2 Å². The molecule has 1 aliphatic rings. The van der Waals surface area contributed by atoms with E-state index in [1.54, 1.807) is 0 Å². The molecule has 4 amide bonds. The average Bonchev–Trinajstić information content (AvgIpc) is 4.06. The fourth-order valence-corrected chi connectivity index (χ4v) is 10.5. The van der Waals surface area contributed by atoms with Gasteiger partial charge in [0.15, 0.2) is 24.4 Å². The van der Waals surface area contributed by atoms with Gasteiger partial charge in [-0.15, -0.1) is 0 Å². The number of aromatic nitrogens is 4. The normalized spacial score (nSPS) is 22.6. The second-order valence-corrected chi connectivity index (χ2v) is 27.7. The molecule has 8 atom stereocenters. The summed E-state index contributed by atoms with van der Waals surface area (Å²) in [6.07, 6.45) is -2.18. The lowest BCUT2D eigenvalue weighted by atomic mass is 9.93. The van der Waals surface area contributed by atoms with Crippen molar-refractivity contribution in [2.45, 2.75) is 222 Å². The topological polar surface area (TPSA) is 222 Å². The van der Waals surface area contributed by atoms with Gasteiger partial charge in [0.2, 0.25) is 0 Å². The molecule has 5 rings (SSSR count). The Morgan fingerprint density at radius 3 is 0.886 bits per heavy atom. The molecule has 4 aromatic rings. The van der Waals surface area contributed by atoms with E-state index in [-0.39, 0.29) is 73.0 Å². The maximum absolute atomic E-state index is 15.1. The summed E-state index contributed by atoms with van der Waals surface area (Å²) >= 11 is 0. The Balaban J connectivity index is 1.58. The predicted molar refractivity (Wildman–Crippen MR) is 335 cm³/mol. The van der Waals surface area contributed by atoms with Crippen LogP contribution in [0.3, 0.4) is 0 Å². The van der Waals surface area contributed by atoms with Gasteiger partial charge in [-0.3, -0.25) is 28.5 Å². The third-order valence-electron chi connectivity index (χ3n) is 15.9. The molecule has 1 saturated heterocycles. The molecule has 484 valence electrons. The van der Waals surface area contributed by atoms with Crippen LogP contribution in [-0.4, -0.2) is 163 Å². The zero-order valence-electron chi connectivity index (χ0n) is 56.0. The van der Waals surface area contributed by atoms with Crippen LogP contribution in [0.4, 0.5) is 0 Å². The molecule has 2 aromatic heterocycles. The standard InChI is InChI=1S/C68H100N8O12/c1-41(2)33-51-63(81)85-45(9)59(77)71(17)54(36-44(7)8)66(84)88-56(38-48-23-27-50(28-24-48)40-76-32-30-58(70-76)68(14,15)16)62(80)74(20)52(34-42(3)4)64(82)86-46(10)60(78)72(18)53(35-43(5)6)65(83)87-55(61(79)73(51)19)37-47-21-25-49(26-22-47)39-75-31-29-57(69-75)67(11,12)13/h21-32,41-46,51-56H,33-40H2,1-20H3/t45-,46-,51+,52+,53+,54+,55-,56-/m1/s1. The summed E-state index contributed by atoms with van der Waals surface area (Å²) in [5.41, 5.74) is 4.68. The summed E-state index contributed by atoms with van der Waals surface area (Å²) in [4.78, 5) is 123. The van der Waals surface area contributed by atoms with E-state index in [0.29, 0.717) is 24.2 Å². The molecule has 0 aliphatic carbocycles. The fraction of sp³-hybridized carbons (Fsp3) is 0.618. The molecule has 0 saturated carbocycles. The Labute approximate surface area is 522 Å². The summed E-state index contributed by atoms with van der Waals surface area (Å²) < 4.78 is 28.1. The molecule has 0 unspecified atom stereocenters. The van der Waals surface area contributed by atoms with Crippen LogP contribution in [0, 0.1) is 23.7 Å². The van der Waals surface area contributed by atoms with Gasteiger partial charge in [0.25, 0.3) is 23.6 Å². The maximum atomic E-state index is 15.1. The van der Waals surface area contributed by atoms with Gasteiger partial charge in [0.1, 0.15) is 24.2 Å². The highest BCUT2D eigenvalue weighted by Gasteiger charge is 2.43. The quantitative estimate of drug-likeness (QED) is 0.0756. The zero-order chi connectivity index (χ0) is 65.9. The molecule has 20 nitrogen and oxygen atoms in total. The molecular formula is C68H100N8O12. The molecule has 88 heavy (non-hydrogen) atoms. The lowest BCUT2D eigenvalue weighted by Gasteiger charge is -2.35. The van der Waals surface area contributed by atoms with Crippen LogP contribution in [0.1, 0.15) is 170 Å². The first-order valence-corrected chi connectivity index (χ1v) is 31.1. The number of benzene rings is 2. The molecule has 2 aromatic carbocycles. The molecule has 1 aliphatic heterocycles. The van der Waals surface area contributed by atoms with Crippen LogP contribution in [0.15, 0.2) is 73.1 Å². The molecule has 0 spiro atoms. The predicted octanol–water partition coefficient (Wildman–Crippen LogP) is 8.75. The minimum atomic E-state index is -1.54. The minimum Gasteiger partial charge on any atom is -0.451 e. The maximum Gasteiger partial charge on any atom is 0.329 e. The number of esters is 4. The van der Waals surface area contributed by atoms with Crippen molar-refractivity contribution in [1.29, 1.82) is 0 Å². The first-order chi connectivity index (χ1) is 40.9. The van der Waals surface area contributed by atoms with Crippen molar-refractivity contribution in [3.05, 3.63) is 107 Å². The molecule has 20 heteroatoms. The van der Waals surface area contributed by atoms with Crippen molar-refractivity contribution in [3.8, 4) is 0 Å². The monoisotopic (exact) mass is 1220 g/mol. The Morgan fingerprint density at radius 1 is 0.386 bits per heavy atom. The van der Waals surface area contributed by atoms with E-state index in [2.05, 4.69) is 41.5 Å². The third kappa shape index (κ3) is 19.8. The Hall–Kier alpha value is -7.38. The first kappa shape index (κ1) is 71.4. The summed E-state index contributed by atoms with van der Waals surface area (Å²) in [6.45, 7) is 31.1. The number of carbonyl (C=O) groups is 8. The van der Waals surface area contributed by atoms with Crippen LogP contribution < -0.4 is 0 Å². The van der Waals surface area contributed by atoms with Crippen LogP contribution in [-0.2, 0) is 94.1 Å². The van der Waals surface area contributed by atoms with Crippen LogP contribution in [0.2, 0.25) is 0 Å². The van der Waals surface area contributed by atoms with Gasteiger partial charge in [-0.05, 0) is 97.6 Å². The highest BCUT2D eigenvalue weighted by Crippen LogP contribution is 2.26. The number of rotatable bonds is 16. The number of cyclic esters (lactones) is 4. The summed E-state index contributed by atoms with van der Waals surface area (Å²) in [5.74, 6) is -7.44. The number of carbonyl (C=O) groups excluding carboxylic acids is 8. The van der Waals surface area contributed by atoms with Crippen molar-refractivity contribution in [3.63, 3.8) is 0 Å². The van der Waals surface area contributed by atoms with E-state index in [1.165, 1.54) is 51.8 Å². The van der Waals surface area contributed by atoms with Crippen LogP contribution in [0.25, 0.3) is 0 Å². The molecule has 0 N–H and O–H groups in total. The van der Waals surface area contributed by atoms with Crippen molar-refractivity contribution in [2.24, 2.45) is 23.7 Å². The highest BCUT2D eigenvalue weighted by atomic mass is 16.6. The Bertz CT molecular complexity index is 2810. The lowest BCUT2D eigenvalue weighted by molar-refractivity contribution is -0.176. The van der Waals surface area contributed by atoms with Gasteiger partial charge in [-0.25, -0.2) is 19.2 Å². The average molecular weight is 1220 g/mol. The van der Waals surface area contributed by atoms with E-state index in [1.807, 2.05) is 138 Å². The summed E-state index contributed by atoms with van der Waals surface area (Å²) in [5, 5.41) is 9.49. The van der Waals surface area contributed by atoms with Crippen molar-refractivity contribution < 1.29 is 57.3 Å². The highest BCUT2D eigenvalue weighted by molar-refractivity contribution is 5.94. The largest absolute Gasteiger partial charge is 0.451 e. The number of nitrogens with zero attached hydrogens (tertiary/aromatic N) is 8. The first-order valence-electron chi connectivity index (χ1n) is 31.1.